The van der Waals surface area contributed by atoms with Gasteiger partial charge in [0.25, 0.3) is 0 Å². The number of hydrogen-bond acceptors (Lipinski definition) is 2. The van der Waals surface area contributed by atoms with Gasteiger partial charge in [0, 0.05) is 12.6 Å². The molecule has 0 heterocycles. The summed E-state index contributed by atoms with van der Waals surface area (Å²) in [5.74, 6) is 0.0639. The van der Waals surface area contributed by atoms with E-state index in [4.69, 9.17) is 5.73 Å². The first-order valence-corrected chi connectivity index (χ1v) is 6.19. The summed E-state index contributed by atoms with van der Waals surface area (Å²) in [6, 6.07) is 8.31. The van der Waals surface area contributed by atoms with Crippen LogP contribution in [0.15, 0.2) is 24.3 Å². The summed E-state index contributed by atoms with van der Waals surface area (Å²) in [6.45, 7) is 4.51. The number of carbonyl (C=O) groups is 1. The Hall–Kier alpha value is -1.35. The lowest BCUT2D eigenvalue weighted by Gasteiger charge is -2.24. The number of nitrogens with two attached hydrogens (primary N) is 1. The topological polar surface area (TPSA) is 46.3 Å². The van der Waals surface area contributed by atoms with E-state index in [1.807, 2.05) is 11.0 Å². The van der Waals surface area contributed by atoms with Gasteiger partial charge in [0.1, 0.15) is 0 Å². The molecule has 3 heteroatoms. The minimum absolute atomic E-state index is 0.0639. The number of carbonyl (C=O) groups excluding carboxylic acids is 1. The van der Waals surface area contributed by atoms with Crippen LogP contribution in [-0.4, -0.2) is 22.9 Å². The predicted molar refractivity (Wildman–Crippen MR) is 68.4 cm³/mol. The van der Waals surface area contributed by atoms with Crippen molar-refractivity contribution in [2.24, 2.45) is 5.73 Å². The summed E-state index contributed by atoms with van der Waals surface area (Å²) < 4.78 is 0. The zero-order chi connectivity index (χ0) is 12.4. The smallest absolute Gasteiger partial charge is 0.239 e. The monoisotopic (exact) mass is 232 g/mol. The molecule has 0 aromatic heterocycles. The highest BCUT2D eigenvalue weighted by Gasteiger charge is 2.33. The Labute approximate surface area is 103 Å². The molecule has 3 nitrogen and oxygen atoms in total. The van der Waals surface area contributed by atoms with Gasteiger partial charge in [-0.1, -0.05) is 29.8 Å². The molecule has 0 aliphatic heterocycles. The fraction of sp³-hybridized carbons (Fsp3) is 0.500. The quantitative estimate of drug-likeness (QED) is 0.861. The van der Waals surface area contributed by atoms with E-state index in [9.17, 15) is 4.79 Å². The van der Waals surface area contributed by atoms with Crippen LogP contribution in [0, 0.1) is 6.92 Å². The van der Waals surface area contributed by atoms with Crippen LogP contribution in [0.2, 0.25) is 0 Å². The first-order valence-electron chi connectivity index (χ1n) is 6.19. The van der Waals surface area contributed by atoms with Gasteiger partial charge in [0.15, 0.2) is 0 Å². The third kappa shape index (κ3) is 3.07. The van der Waals surface area contributed by atoms with Crippen LogP contribution >= 0.6 is 0 Å². The molecule has 1 amide bonds. The molecule has 1 aliphatic carbocycles. The lowest BCUT2D eigenvalue weighted by molar-refractivity contribution is -0.133. The van der Waals surface area contributed by atoms with Crippen molar-refractivity contribution in [3.05, 3.63) is 35.4 Å². The van der Waals surface area contributed by atoms with Crippen molar-refractivity contribution in [2.45, 2.75) is 45.3 Å². The molecule has 1 saturated carbocycles. The minimum atomic E-state index is -0.402. The molecule has 1 fully saturated rings. The summed E-state index contributed by atoms with van der Waals surface area (Å²) in [4.78, 5) is 13.9. The molecule has 1 atom stereocenters. The van der Waals surface area contributed by atoms with E-state index in [1.165, 1.54) is 11.1 Å². The molecule has 0 spiro atoms. The van der Waals surface area contributed by atoms with Gasteiger partial charge in [0.2, 0.25) is 5.91 Å². The molecular formula is C14H20N2O. The summed E-state index contributed by atoms with van der Waals surface area (Å²) in [7, 11) is 0. The van der Waals surface area contributed by atoms with Gasteiger partial charge >= 0.3 is 0 Å². The van der Waals surface area contributed by atoms with Crippen molar-refractivity contribution >= 4 is 5.91 Å². The van der Waals surface area contributed by atoms with Gasteiger partial charge in [-0.3, -0.25) is 4.79 Å². The Balaban J connectivity index is 2.10. The number of amides is 1. The largest absolute Gasteiger partial charge is 0.334 e. The Morgan fingerprint density at radius 2 is 2.24 bits per heavy atom. The van der Waals surface area contributed by atoms with E-state index >= 15 is 0 Å². The van der Waals surface area contributed by atoms with Crippen LogP contribution in [0.3, 0.4) is 0 Å². The van der Waals surface area contributed by atoms with Crippen molar-refractivity contribution in [1.29, 1.82) is 0 Å². The maximum Gasteiger partial charge on any atom is 0.239 e. The Kier molecular flexibility index (Phi) is 3.48. The molecule has 0 saturated heterocycles. The molecule has 1 aliphatic rings. The van der Waals surface area contributed by atoms with Crippen molar-refractivity contribution in [2.75, 3.05) is 0 Å². The standard InChI is InChI=1S/C14H20N2O/c1-10-4-3-5-12(8-10)9-16(13-6-7-13)14(17)11(2)15/h3-5,8,11,13H,6-7,9,15H2,1-2H3/t11-/m1/s1. The van der Waals surface area contributed by atoms with Crippen molar-refractivity contribution in [1.82, 2.24) is 4.90 Å². The second kappa shape index (κ2) is 4.88. The summed E-state index contributed by atoms with van der Waals surface area (Å²) in [5, 5.41) is 0. The van der Waals surface area contributed by atoms with Crippen LogP contribution in [0.25, 0.3) is 0 Å². The second-order valence-corrected chi connectivity index (χ2v) is 4.98. The summed E-state index contributed by atoms with van der Waals surface area (Å²) in [6.07, 6.45) is 2.23. The first-order chi connectivity index (χ1) is 8.08. The van der Waals surface area contributed by atoms with Gasteiger partial charge < -0.3 is 10.6 Å². The maximum atomic E-state index is 12.0. The highest BCUT2D eigenvalue weighted by molar-refractivity contribution is 5.81. The number of rotatable bonds is 4. The number of hydrogen-bond donors (Lipinski definition) is 1. The molecule has 0 bridgehead atoms. The third-order valence-corrected chi connectivity index (χ3v) is 3.10. The van der Waals surface area contributed by atoms with E-state index in [-0.39, 0.29) is 5.91 Å². The van der Waals surface area contributed by atoms with E-state index in [1.54, 1.807) is 6.92 Å². The summed E-state index contributed by atoms with van der Waals surface area (Å²) >= 11 is 0. The van der Waals surface area contributed by atoms with Gasteiger partial charge in [-0.05, 0) is 32.3 Å². The zero-order valence-corrected chi connectivity index (χ0v) is 10.5. The molecule has 0 radical (unpaired) electrons. The average molecular weight is 232 g/mol. The molecule has 17 heavy (non-hydrogen) atoms. The molecule has 2 rings (SSSR count). The number of nitrogens with zero attached hydrogens (tertiary/aromatic N) is 1. The molecular weight excluding hydrogens is 212 g/mol. The van der Waals surface area contributed by atoms with Crippen molar-refractivity contribution in [3.8, 4) is 0 Å². The zero-order valence-electron chi connectivity index (χ0n) is 10.5. The predicted octanol–water partition coefficient (Wildman–Crippen LogP) is 1.83. The normalized spacial score (nSPS) is 16.6. The average Bonchev–Trinajstić information content (AvgIpc) is 3.09. The van der Waals surface area contributed by atoms with Gasteiger partial charge in [-0.15, -0.1) is 0 Å². The molecule has 0 unspecified atom stereocenters. The van der Waals surface area contributed by atoms with E-state index in [2.05, 4.69) is 25.1 Å². The first kappa shape index (κ1) is 12.1. The Bertz CT molecular complexity index is 410. The lowest BCUT2D eigenvalue weighted by Crippen LogP contribution is -2.42. The number of benzene rings is 1. The van der Waals surface area contributed by atoms with Crippen LogP contribution < -0.4 is 5.73 Å². The van der Waals surface area contributed by atoms with Gasteiger partial charge in [-0.2, -0.15) is 0 Å². The minimum Gasteiger partial charge on any atom is -0.334 e. The van der Waals surface area contributed by atoms with Crippen LogP contribution in [0.5, 0.6) is 0 Å². The van der Waals surface area contributed by atoms with E-state index in [0.29, 0.717) is 12.6 Å². The Morgan fingerprint density at radius 1 is 1.53 bits per heavy atom. The Morgan fingerprint density at radius 3 is 2.76 bits per heavy atom. The van der Waals surface area contributed by atoms with Crippen molar-refractivity contribution in [3.63, 3.8) is 0 Å². The van der Waals surface area contributed by atoms with E-state index < -0.39 is 6.04 Å². The fourth-order valence-electron chi connectivity index (χ4n) is 2.04. The van der Waals surface area contributed by atoms with Gasteiger partial charge in [-0.25, -0.2) is 0 Å². The maximum absolute atomic E-state index is 12.0. The SMILES string of the molecule is Cc1cccc(CN(C(=O)[C@@H](C)N)C2CC2)c1. The van der Waals surface area contributed by atoms with Crippen LogP contribution in [0.4, 0.5) is 0 Å². The summed E-state index contributed by atoms with van der Waals surface area (Å²) in [5.41, 5.74) is 8.11. The lowest BCUT2D eigenvalue weighted by atomic mass is 10.1. The fourth-order valence-corrected chi connectivity index (χ4v) is 2.04. The number of aryl methyl sites for hydroxylation is 1. The third-order valence-electron chi connectivity index (χ3n) is 3.10. The second-order valence-electron chi connectivity index (χ2n) is 4.98. The molecule has 1 aromatic carbocycles. The van der Waals surface area contributed by atoms with Crippen LogP contribution in [-0.2, 0) is 11.3 Å². The highest BCUT2D eigenvalue weighted by atomic mass is 16.2. The van der Waals surface area contributed by atoms with Gasteiger partial charge in [0.05, 0.1) is 6.04 Å². The molecule has 92 valence electrons. The highest BCUT2D eigenvalue weighted by Crippen LogP contribution is 2.28. The molecule has 1 aromatic rings. The van der Waals surface area contributed by atoms with Crippen LogP contribution in [0.1, 0.15) is 30.9 Å². The van der Waals surface area contributed by atoms with Crippen molar-refractivity contribution < 1.29 is 4.79 Å². The van der Waals surface area contributed by atoms with E-state index in [0.717, 1.165) is 12.8 Å². The molecule has 2 N–H and O–H groups in total.